The summed E-state index contributed by atoms with van der Waals surface area (Å²) in [5, 5.41) is 0. The summed E-state index contributed by atoms with van der Waals surface area (Å²) < 4.78 is 30.2. The number of hydrogen-bond donors (Lipinski definition) is 0. The molecule has 4 heteroatoms. The van der Waals surface area contributed by atoms with E-state index in [1.54, 1.807) is 0 Å². The summed E-state index contributed by atoms with van der Waals surface area (Å²) in [6.07, 6.45) is 0. The maximum absolute atomic E-state index is 13.0. The van der Waals surface area contributed by atoms with Crippen LogP contribution in [0.5, 0.6) is 0 Å². The zero-order valence-electron chi connectivity index (χ0n) is 7.01. The zero-order chi connectivity index (χ0) is 9.84. The lowest BCUT2D eigenvalue weighted by Crippen LogP contribution is -1.97. The molecule has 0 spiro atoms. The summed E-state index contributed by atoms with van der Waals surface area (Å²) in [6, 6.07) is 2.09. The highest BCUT2D eigenvalue weighted by Gasteiger charge is 2.06. The Kier molecular flexibility index (Phi) is 2.95. The van der Waals surface area contributed by atoms with Crippen LogP contribution in [-0.4, -0.2) is 6.47 Å². The summed E-state index contributed by atoms with van der Waals surface area (Å²) in [4.78, 5) is 9.80. The van der Waals surface area contributed by atoms with Crippen LogP contribution in [-0.2, 0) is 16.1 Å². The van der Waals surface area contributed by atoms with E-state index in [0.29, 0.717) is 0 Å². The van der Waals surface area contributed by atoms with Gasteiger partial charge in [0.2, 0.25) is 0 Å². The molecule has 0 aliphatic heterocycles. The van der Waals surface area contributed by atoms with Crippen molar-refractivity contribution in [2.24, 2.45) is 0 Å². The van der Waals surface area contributed by atoms with Crippen LogP contribution in [0, 0.1) is 18.6 Å². The van der Waals surface area contributed by atoms with E-state index >= 15 is 0 Å². The Morgan fingerprint density at radius 2 is 2.08 bits per heavy atom. The first-order valence-electron chi connectivity index (χ1n) is 3.65. The average Bonchev–Trinajstić information content (AvgIpc) is 2.09. The van der Waals surface area contributed by atoms with Crippen molar-refractivity contribution in [3.63, 3.8) is 0 Å². The predicted molar refractivity (Wildman–Crippen MR) is 41.9 cm³/mol. The Hall–Kier alpha value is -1.45. The fourth-order valence-corrected chi connectivity index (χ4v) is 0.922. The maximum atomic E-state index is 13.0. The average molecular weight is 186 g/mol. The van der Waals surface area contributed by atoms with E-state index in [-0.39, 0.29) is 24.2 Å². The van der Waals surface area contributed by atoms with Crippen LogP contribution >= 0.6 is 0 Å². The van der Waals surface area contributed by atoms with E-state index in [2.05, 4.69) is 4.74 Å². The van der Waals surface area contributed by atoms with E-state index in [9.17, 15) is 13.6 Å². The van der Waals surface area contributed by atoms with Gasteiger partial charge in [-0.2, -0.15) is 0 Å². The molecule has 0 amide bonds. The van der Waals surface area contributed by atoms with Crippen molar-refractivity contribution >= 4 is 6.47 Å². The number of ether oxygens (including phenoxy) is 1. The highest BCUT2D eigenvalue weighted by Crippen LogP contribution is 2.14. The number of carbonyl (C=O) groups excluding carboxylic acids is 1. The van der Waals surface area contributed by atoms with Crippen LogP contribution in [0.3, 0.4) is 0 Å². The Labute approximate surface area is 74.1 Å². The third-order valence-corrected chi connectivity index (χ3v) is 1.63. The van der Waals surface area contributed by atoms with Gasteiger partial charge in [-0.3, -0.25) is 4.79 Å². The van der Waals surface area contributed by atoms with Crippen molar-refractivity contribution < 1.29 is 18.3 Å². The Bertz CT molecular complexity index is 324. The third kappa shape index (κ3) is 2.24. The molecule has 13 heavy (non-hydrogen) atoms. The van der Waals surface area contributed by atoms with Gasteiger partial charge in [-0.25, -0.2) is 8.78 Å². The summed E-state index contributed by atoms with van der Waals surface area (Å²) in [6.45, 7) is 1.41. The molecule has 0 aromatic heterocycles. The molecule has 1 rings (SSSR count). The molecule has 0 aliphatic carbocycles. The molecule has 0 saturated heterocycles. The second-order valence-corrected chi connectivity index (χ2v) is 2.60. The van der Waals surface area contributed by atoms with Gasteiger partial charge in [-0.05, 0) is 24.6 Å². The van der Waals surface area contributed by atoms with Gasteiger partial charge in [-0.1, -0.05) is 0 Å². The van der Waals surface area contributed by atoms with E-state index in [1.807, 2.05) is 0 Å². The van der Waals surface area contributed by atoms with Gasteiger partial charge in [-0.15, -0.1) is 0 Å². The van der Waals surface area contributed by atoms with Gasteiger partial charge >= 0.3 is 0 Å². The van der Waals surface area contributed by atoms with Crippen molar-refractivity contribution in [3.05, 3.63) is 34.9 Å². The van der Waals surface area contributed by atoms with E-state index in [0.717, 1.165) is 12.1 Å². The topological polar surface area (TPSA) is 26.3 Å². The molecule has 0 bridgehead atoms. The molecule has 0 fully saturated rings. The van der Waals surface area contributed by atoms with Gasteiger partial charge < -0.3 is 4.74 Å². The van der Waals surface area contributed by atoms with Crippen LogP contribution in [0.4, 0.5) is 8.78 Å². The molecule has 0 N–H and O–H groups in total. The molecular weight excluding hydrogens is 178 g/mol. The normalized spacial score (nSPS) is 9.77. The van der Waals surface area contributed by atoms with Gasteiger partial charge in [0.05, 0.1) is 0 Å². The first kappa shape index (κ1) is 9.64. The number of carbonyl (C=O) groups is 1. The van der Waals surface area contributed by atoms with Crippen LogP contribution in [0.25, 0.3) is 0 Å². The van der Waals surface area contributed by atoms with Crippen LogP contribution in [0.15, 0.2) is 12.1 Å². The molecule has 0 unspecified atom stereocenters. The minimum absolute atomic E-state index is 0.0372. The molecule has 1 aromatic rings. The molecular formula is C9H8F2O2. The highest BCUT2D eigenvalue weighted by atomic mass is 19.1. The van der Waals surface area contributed by atoms with Crippen LogP contribution in [0.2, 0.25) is 0 Å². The Morgan fingerprint density at radius 3 is 2.69 bits per heavy atom. The van der Waals surface area contributed by atoms with Crippen molar-refractivity contribution in [2.75, 3.05) is 0 Å². The van der Waals surface area contributed by atoms with Crippen LogP contribution < -0.4 is 0 Å². The van der Waals surface area contributed by atoms with E-state index in [4.69, 9.17) is 0 Å². The monoisotopic (exact) mass is 186 g/mol. The molecule has 0 heterocycles. The minimum atomic E-state index is -0.569. The second kappa shape index (κ2) is 3.98. The standard InChI is InChI=1S/C9H8F2O2/c1-6-2-9(11)7(3-8(6)10)4-13-5-12/h2-3,5H,4H2,1H3. The highest BCUT2D eigenvalue weighted by molar-refractivity contribution is 5.37. The molecule has 0 aliphatic rings. The van der Waals surface area contributed by atoms with E-state index < -0.39 is 11.6 Å². The molecule has 70 valence electrons. The van der Waals surface area contributed by atoms with E-state index in [1.165, 1.54) is 6.92 Å². The molecule has 0 atom stereocenters. The van der Waals surface area contributed by atoms with Crippen molar-refractivity contribution in [1.82, 2.24) is 0 Å². The van der Waals surface area contributed by atoms with Crippen molar-refractivity contribution in [2.45, 2.75) is 13.5 Å². The second-order valence-electron chi connectivity index (χ2n) is 2.60. The molecule has 0 radical (unpaired) electrons. The summed E-state index contributed by atoms with van der Waals surface area (Å²) in [7, 11) is 0. The zero-order valence-corrected chi connectivity index (χ0v) is 7.01. The summed E-state index contributed by atoms with van der Waals surface area (Å²) in [5.41, 5.74) is 0.266. The third-order valence-electron chi connectivity index (χ3n) is 1.63. The number of aryl methyl sites for hydroxylation is 1. The molecule has 1 aromatic carbocycles. The van der Waals surface area contributed by atoms with Crippen molar-refractivity contribution in [1.29, 1.82) is 0 Å². The minimum Gasteiger partial charge on any atom is -0.463 e. The first-order chi connectivity index (χ1) is 6.15. The predicted octanol–water partition coefficient (Wildman–Crippen LogP) is 1.95. The van der Waals surface area contributed by atoms with Gasteiger partial charge in [0, 0.05) is 5.56 Å². The van der Waals surface area contributed by atoms with Gasteiger partial charge in [0.25, 0.3) is 6.47 Å². The summed E-state index contributed by atoms with van der Waals surface area (Å²) >= 11 is 0. The fraction of sp³-hybridized carbons (Fsp3) is 0.222. The first-order valence-corrected chi connectivity index (χ1v) is 3.65. The number of rotatable bonds is 3. The molecule has 2 nitrogen and oxygen atoms in total. The lowest BCUT2D eigenvalue weighted by molar-refractivity contribution is -0.129. The number of hydrogen-bond acceptors (Lipinski definition) is 2. The number of halogens is 2. The summed E-state index contributed by atoms with van der Waals surface area (Å²) in [5.74, 6) is -1.08. The lowest BCUT2D eigenvalue weighted by atomic mass is 10.1. The van der Waals surface area contributed by atoms with Gasteiger partial charge in [0.1, 0.15) is 18.2 Å². The lowest BCUT2D eigenvalue weighted by Gasteiger charge is -2.03. The smallest absolute Gasteiger partial charge is 0.293 e. The van der Waals surface area contributed by atoms with Crippen LogP contribution in [0.1, 0.15) is 11.1 Å². The Morgan fingerprint density at radius 1 is 1.38 bits per heavy atom. The van der Waals surface area contributed by atoms with Crippen molar-refractivity contribution in [3.8, 4) is 0 Å². The SMILES string of the molecule is Cc1cc(F)c(COC=O)cc1F. The Balaban J connectivity index is 2.94. The maximum Gasteiger partial charge on any atom is 0.293 e. The van der Waals surface area contributed by atoms with Gasteiger partial charge in [0.15, 0.2) is 0 Å². The largest absolute Gasteiger partial charge is 0.463 e. The quantitative estimate of drug-likeness (QED) is 0.674. The number of benzene rings is 1. The fourth-order valence-electron chi connectivity index (χ4n) is 0.922. The molecule has 0 saturated carbocycles.